The van der Waals surface area contributed by atoms with E-state index in [1.807, 2.05) is 30.3 Å². The van der Waals surface area contributed by atoms with Crippen LogP contribution < -0.4 is 21.2 Å². The van der Waals surface area contributed by atoms with Crippen LogP contribution in [-0.4, -0.2) is 31.2 Å². The zero-order valence-corrected chi connectivity index (χ0v) is 14.4. The molecule has 1 amide bonds. The number of hydrogen-bond donors (Lipinski definition) is 2. The minimum absolute atomic E-state index is 0.111. The number of carbonyl (C=O) groups is 1. The van der Waals surface area contributed by atoms with E-state index in [0.29, 0.717) is 13.2 Å². The van der Waals surface area contributed by atoms with Gasteiger partial charge in [-0.15, -0.1) is 0 Å². The van der Waals surface area contributed by atoms with Gasteiger partial charge in [-0.2, -0.15) is 0 Å². The number of nitrogens with two attached hydrogens (primary N) is 1. The van der Waals surface area contributed by atoms with Crippen molar-refractivity contribution in [2.75, 3.05) is 19.8 Å². The van der Waals surface area contributed by atoms with Crippen LogP contribution in [0.5, 0.6) is 5.75 Å². The van der Waals surface area contributed by atoms with Crippen molar-refractivity contribution in [3.05, 3.63) is 64.2 Å². The van der Waals surface area contributed by atoms with E-state index in [-0.39, 0.29) is 24.7 Å². The first-order chi connectivity index (χ1) is 12.6. The van der Waals surface area contributed by atoms with Crippen LogP contribution in [0.1, 0.15) is 29.0 Å². The van der Waals surface area contributed by atoms with Crippen LogP contribution in [0.15, 0.2) is 51.9 Å². The average molecular weight is 358 g/mol. The van der Waals surface area contributed by atoms with Gasteiger partial charge in [-0.25, -0.2) is 0 Å². The zero-order valence-electron chi connectivity index (χ0n) is 14.4. The fraction of sp³-hybridized carbons (Fsp3) is 0.368. The third kappa shape index (κ3) is 4.50. The molecule has 0 saturated carbocycles. The number of carbonyl (C=O) groups excluding carboxylic acids is 1. The molecule has 2 aromatic rings. The van der Waals surface area contributed by atoms with Crippen molar-refractivity contribution in [3.8, 4) is 5.75 Å². The first kappa shape index (κ1) is 18.2. The summed E-state index contributed by atoms with van der Waals surface area (Å²) in [5.41, 5.74) is 6.07. The maximum absolute atomic E-state index is 12.5. The number of hydrogen-bond acceptors (Lipinski definition) is 6. The molecular weight excluding hydrogens is 336 g/mol. The van der Waals surface area contributed by atoms with Crippen molar-refractivity contribution in [1.82, 2.24) is 5.32 Å². The summed E-state index contributed by atoms with van der Waals surface area (Å²) < 4.78 is 16.2. The fourth-order valence-electron chi connectivity index (χ4n) is 2.78. The Bertz CT molecular complexity index is 797. The molecule has 1 aliphatic rings. The Labute approximate surface area is 151 Å². The predicted octanol–water partition coefficient (Wildman–Crippen LogP) is 1.46. The van der Waals surface area contributed by atoms with E-state index in [1.54, 1.807) is 0 Å². The van der Waals surface area contributed by atoms with Crippen molar-refractivity contribution in [3.63, 3.8) is 0 Å². The highest BCUT2D eigenvalue weighted by Gasteiger charge is 2.30. The van der Waals surface area contributed by atoms with Crippen molar-refractivity contribution >= 4 is 5.91 Å². The second kappa shape index (κ2) is 8.16. The van der Waals surface area contributed by atoms with Crippen LogP contribution in [-0.2, 0) is 11.3 Å². The van der Waals surface area contributed by atoms with Gasteiger partial charge in [-0.3, -0.25) is 9.59 Å². The minimum Gasteiger partial charge on any atom is -0.481 e. The lowest BCUT2D eigenvalue weighted by Gasteiger charge is -2.33. The predicted molar refractivity (Wildman–Crippen MR) is 95.1 cm³/mol. The van der Waals surface area contributed by atoms with Crippen LogP contribution in [0.4, 0.5) is 0 Å². The zero-order chi connectivity index (χ0) is 18.4. The number of ether oxygens (including phenoxy) is 2. The number of nitrogens with one attached hydrogen (secondary N) is 1. The standard InChI is InChI=1S/C19H22N2O5/c20-19(8-4-9-24-13-19)12-21-18(23)17-16(15(22)7-10-25-17)26-11-14-5-2-1-3-6-14/h1-3,5-7,10H,4,8-9,11-13,20H2,(H,21,23). The Morgan fingerprint density at radius 2 is 2.08 bits per heavy atom. The van der Waals surface area contributed by atoms with E-state index >= 15 is 0 Å². The van der Waals surface area contributed by atoms with Gasteiger partial charge in [-0.05, 0) is 18.4 Å². The Kier molecular flexibility index (Phi) is 5.70. The molecule has 1 unspecified atom stereocenters. The smallest absolute Gasteiger partial charge is 0.291 e. The van der Waals surface area contributed by atoms with Gasteiger partial charge in [0.15, 0.2) is 0 Å². The van der Waals surface area contributed by atoms with E-state index in [2.05, 4.69) is 5.32 Å². The molecule has 3 N–H and O–H groups in total. The summed E-state index contributed by atoms with van der Waals surface area (Å²) in [7, 11) is 0. The van der Waals surface area contributed by atoms with Crippen LogP contribution in [0, 0.1) is 0 Å². The quantitative estimate of drug-likeness (QED) is 0.810. The molecule has 1 saturated heterocycles. The Morgan fingerprint density at radius 1 is 1.27 bits per heavy atom. The van der Waals surface area contributed by atoms with Crippen molar-refractivity contribution < 1.29 is 18.7 Å². The SMILES string of the molecule is NC1(CNC(=O)c2occc(=O)c2OCc2ccccc2)CCCOC1. The first-order valence-electron chi connectivity index (χ1n) is 8.51. The molecule has 26 heavy (non-hydrogen) atoms. The third-order valence-electron chi connectivity index (χ3n) is 4.22. The summed E-state index contributed by atoms with van der Waals surface area (Å²) in [5, 5.41) is 2.72. The highest BCUT2D eigenvalue weighted by atomic mass is 16.5. The topological polar surface area (TPSA) is 104 Å². The molecule has 0 aliphatic carbocycles. The van der Waals surface area contributed by atoms with Crippen LogP contribution in [0.25, 0.3) is 0 Å². The van der Waals surface area contributed by atoms with E-state index in [1.165, 1.54) is 12.3 Å². The Balaban J connectivity index is 1.69. The van der Waals surface area contributed by atoms with Gasteiger partial charge in [0.05, 0.1) is 18.4 Å². The van der Waals surface area contributed by atoms with E-state index in [0.717, 1.165) is 18.4 Å². The van der Waals surface area contributed by atoms with Crippen molar-refractivity contribution in [1.29, 1.82) is 0 Å². The molecule has 138 valence electrons. The average Bonchev–Trinajstić information content (AvgIpc) is 2.66. The Morgan fingerprint density at radius 3 is 2.81 bits per heavy atom. The van der Waals surface area contributed by atoms with Gasteiger partial charge in [0.2, 0.25) is 16.9 Å². The molecule has 3 rings (SSSR count). The monoisotopic (exact) mass is 358 g/mol. The van der Waals surface area contributed by atoms with Crippen LogP contribution in [0.2, 0.25) is 0 Å². The summed E-state index contributed by atoms with van der Waals surface area (Å²) in [5.74, 6) is -0.810. The minimum atomic E-state index is -0.617. The largest absolute Gasteiger partial charge is 0.481 e. The molecule has 1 atom stereocenters. The maximum Gasteiger partial charge on any atom is 0.291 e. The molecule has 0 spiro atoms. The lowest BCUT2D eigenvalue weighted by Crippen LogP contribution is -2.55. The van der Waals surface area contributed by atoms with Gasteiger partial charge in [0.1, 0.15) is 6.61 Å². The Hall–Kier alpha value is -2.64. The van der Waals surface area contributed by atoms with Crippen LogP contribution in [0.3, 0.4) is 0 Å². The van der Waals surface area contributed by atoms with Gasteiger partial charge >= 0.3 is 0 Å². The van der Waals surface area contributed by atoms with Crippen molar-refractivity contribution in [2.24, 2.45) is 5.73 Å². The second-order valence-corrected chi connectivity index (χ2v) is 6.42. The number of rotatable bonds is 6. The van der Waals surface area contributed by atoms with E-state index in [9.17, 15) is 9.59 Å². The molecule has 7 nitrogen and oxygen atoms in total. The molecular formula is C19H22N2O5. The van der Waals surface area contributed by atoms with Gasteiger partial charge in [0.25, 0.3) is 5.91 Å². The highest BCUT2D eigenvalue weighted by molar-refractivity contribution is 5.93. The summed E-state index contributed by atoms with van der Waals surface area (Å²) in [6.45, 7) is 1.44. The lowest BCUT2D eigenvalue weighted by atomic mass is 9.94. The molecule has 2 heterocycles. The molecule has 1 aliphatic heterocycles. The molecule has 7 heteroatoms. The maximum atomic E-state index is 12.5. The number of amides is 1. The molecule has 1 fully saturated rings. The summed E-state index contributed by atoms with van der Waals surface area (Å²) in [4.78, 5) is 24.6. The molecule has 0 radical (unpaired) electrons. The normalized spacial score (nSPS) is 19.7. The summed E-state index contributed by atoms with van der Waals surface area (Å²) >= 11 is 0. The highest BCUT2D eigenvalue weighted by Crippen LogP contribution is 2.17. The van der Waals surface area contributed by atoms with Gasteiger partial charge in [0, 0.05) is 19.2 Å². The van der Waals surface area contributed by atoms with Crippen molar-refractivity contribution in [2.45, 2.75) is 25.0 Å². The van der Waals surface area contributed by atoms with Gasteiger partial charge < -0.3 is 24.9 Å². The molecule has 0 bridgehead atoms. The van der Waals surface area contributed by atoms with E-state index < -0.39 is 16.9 Å². The second-order valence-electron chi connectivity index (χ2n) is 6.42. The first-order valence-corrected chi connectivity index (χ1v) is 8.51. The lowest BCUT2D eigenvalue weighted by molar-refractivity contribution is 0.0373. The van der Waals surface area contributed by atoms with Gasteiger partial charge in [-0.1, -0.05) is 30.3 Å². The van der Waals surface area contributed by atoms with E-state index in [4.69, 9.17) is 19.6 Å². The third-order valence-corrected chi connectivity index (χ3v) is 4.22. The summed E-state index contributed by atoms with van der Waals surface area (Å²) in [6, 6.07) is 10.6. The molecule has 1 aromatic heterocycles. The van der Waals surface area contributed by atoms with Crippen LogP contribution >= 0.6 is 0 Å². The molecule has 1 aromatic carbocycles. The fourth-order valence-corrected chi connectivity index (χ4v) is 2.78. The number of benzene rings is 1. The summed E-state index contributed by atoms with van der Waals surface area (Å²) in [6.07, 6.45) is 2.77.